The molecule has 0 heterocycles. The number of carbonyl (C=O) groups is 2. The molecule has 0 saturated heterocycles. The molecule has 0 saturated carbocycles. The van der Waals surface area contributed by atoms with E-state index >= 15 is 0 Å². The number of carbonyl (C=O) groups excluding carboxylic acids is 1. The molecule has 0 aliphatic heterocycles. The van der Waals surface area contributed by atoms with E-state index in [-0.39, 0.29) is 16.8 Å². The maximum atomic E-state index is 12.4. The molecule has 2 atom stereocenters. The minimum absolute atomic E-state index is 0.0929. The summed E-state index contributed by atoms with van der Waals surface area (Å²) >= 11 is 0. The Labute approximate surface area is 154 Å². The van der Waals surface area contributed by atoms with Gasteiger partial charge in [0.05, 0.1) is 11.0 Å². The van der Waals surface area contributed by atoms with Gasteiger partial charge in [-0.3, -0.25) is 14.9 Å². The molecule has 27 heavy (non-hydrogen) atoms. The third-order valence-electron chi connectivity index (χ3n) is 3.90. The van der Waals surface area contributed by atoms with E-state index in [2.05, 4.69) is 11.9 Å². The van der Waals surface area contributed by atoms with Gasteiger partial charge in [0.1, 0.15) is 6.04 Å². The molecule has 2 rings (SSSR count). The topological polar surface area (TPSA) is 133 Å². The normalized spacial score (nSPS) is 12.3. The van der Waals surface area contributed by atoms with Gasteiger partial charge in [0, 0.05) is 29.2 Å². The van der Waals surface area contributed by atoms with E-state index in [4.69, 9.17) is 0 Å². The zero-order valence-corrected chi connectivity index (χ0v) is 14.0. The average molecular weight is 365 g/mol. The fourth-order valence-corrected chi connectivity index (χ4v) is 2.57. The number of nitriles is 1. The van der Waals surface area contributed by atoms with Crippen LogP contribution < -0.4 is 5.32 Å². The van der Waals surface area contributed by atoms with E-state index in [9.17, 15) is 30.1 Å². The fourth-order valence-electron chi connectivity index (χ4n) is 2.57. The minimum Gasteiger partial charge on any atom is -0.480 e. The van der Waals surface area contributed by atoms with E-state index in [0.29, 0.717) is 5.56 Å². The Morgan fingerprint density at radius 3 is 2.22 bits per heavy atom. The van der Waals surface area contributed by atoms with Crippen molar-refractivity contribution in [3.05, 3.63) is 88.0 Å². The predicted octanol–water partition coefficient (Wildman–Crippen LogP) is 2.64. The van der Waals surface area contributed by atoms with Crippen LogP contribution in [0.1, 0.15) is 21.8 Å². The molecule has 136 valence electrons. The van der Waals surface area contributed by atoms with E-state index in [1.54, 1.807) is 24.3 Å². The van der Waals surface area contributed by atoms with Gasteiger partial charge in [-0.2, -0.15) is 5.26 Å². The Balaban J connectivity index is 2.40. The molecule has 2 N–H and O–H groups in total. The number of nitro groups is 1. The number of nitrogens with zero attached hydrogens (tertiary/aromatic N) is 2. The Morgan fingerprint density at radius 2 is 1.74 bits per heavy atom. The lowest BCUT2D eigenvalue weighted by Crippen LogP contribution is -2.45. The van der Waals surface area contributed by atoms with Crippen molar-refractivity contribution in [2.45, 2.75) is 12.0 Å². The van der Waals surface area contributed by atoms with Crippen molar-refractivity contribution in [3.8, 4) is 6.07 Å². The molecule has 8 nitrogen and oxygen atoms in total. The Hall–Kier alpha value is -3.99. The van der Waals surface area contributed by atoms with Crippen molar-refractivity contribution in [2.75, 3.05) is 0 Å². The van der Waals surface area contributed by atoms with Crippen molar-refractivity contribution in [1.82, 2.24) is 5.32 Å². The molecule has 0 bridgehead atoms. The van der Waals surface area contributed by atoms with E-state index < -0.39 is 28.8 Å². The highest BCUT2D eigenvalue weighted by molar-refractivity contribution is 5.97. The van der Waals surface area contributed by atoms with Crippen LogP contribution in [0.25, 0.3) is 0 Å². The lowest BCUT2D eigenvalue weighted by Gasteiger charge is -2.24. The molecule has 0 radical (unpaired) electrons. The second-order valence-electron chi connectivity index (χ2n) is 5.62. The van der Waals surface area contributed by atoms with Gasteiger partial charge in [-0.1, -0.05) is 36.9 Å². The lowest BCUT2D eigenvalue weighted by atomic mass is 9.85. The molecule has 2 aromatic rings. The molecule has 2 aromatic carbocycles. The smallest absolute Gasteiger partial charge is 0.327 e. The highest BCUT2D eigenvalue weighted by Gasteiger charge is 2.33. The monoisotopic (exact) mass is 365 g/mol. The molecular weight excluding hydrogens is 350 g/mol. The minimum atomic E-state index is -1.48. The maximum Gasteiger partial charge on any atom is 0.327 e. The van der Waals surface area contributed by atoms with Gasteiger partial charge in [0.25, 0.3) is 11.6 Å². The van der Waals surface area contributed by atoms with Crippen molar-refractivity contribution >= 4 is 17.6 Å². The first kappa shape index (κ1) is 19.3. The second-order valence-corrected chi connectivity index (χ2v) is 5.62. The third kappa shape index (κ3) is 4.55. The van der Waals surface area contributed by atoms with Gasteiger partial charge < -0.3 is 10.4 Å². The van der Waals surface area contributed by atoms with Crippen molar-refractivity contribution < 1.29 is 19.6 Å². The number of amides is 1. The van der Waals surface area contributed by atoms with Crippen LogP contribution in [-0.4, -0.2) is 27.9 Å². The fraction of sp³-hybridized carbons (Fsp3) is 0.105. The molecule has 0 unspecified atom stereocenters. The molecule has 0 aromatic heterocycles. The molecule has 8 heteroatoms. The van der Waals surface area contributed by atoms with Gasteiger partial charge in [-0.15, -0.1) is 0 Å². The molecule has 0 aliphatic carbocycles. The highest BCUT2D eigenvalue weighted by Crippen LogP contribution is 2.29. The average Bonchev–Trinajstić information content (AvgIpc) is 2.68. The summed E-state index contributed by atoms with van der Waals surface area (Å²) in [5.41, 5.74) is 0.298. The van der Waals surface area contributed by atoms with Gasteiger partial charge in [-0.25, -0.2) is 4.79 Å². The quantitative estimate of drug-likeness (QED) is 0.440. The number of non-ortho nitro benzene ring substituents is 1. The largest absolute Gasteiger partial charge is 0.480 e. The summed E-state index contributed by atoms with van der Waals surface area (Å²) in [5, 5.41) is 32.0. The number of rotatable bonds is 7. The number of nitrogens with one attached hydrogen (secondary N) is 1. The number of benzene rings is 2. The van der Waals surface area contributed by atoms with Crippen LogP contribution in [-0.2, 0) is 4.79 Å². The summed E-state index contributed by atoms with van der Waals surface area (Å²) in [6, 6.07) is 13.4. The first-order valence-electron chi connectivity index (χ1n) is 7.77. The van der Waals surface area contributed by atoms with Crippen LogP contribution in [0.4, 0.5) is 5.69 Å². The summed E-state index contributed by atoms with van der Waals surface area (Å²) in [7, 11) is 0. The predicted molar refractivity (Wildman–Crippen MR) is 95.9 cm³/mol. The molecule has 1 amide bonds. The van der Waals surface area contributed by atoms with E-state index in [0.717, 1.165) is 0 Å². The van der Waals surface area contributed by atoms with Crippen LogP contribution in [0.5, 0.6) is 0 Å². The Bertz CT molecular complexity index is 917. The standard InChI is InChI=1S/C19H15N3O5/c1-12(11-20)16(13-7-9-15(10-8-13)22(26)27)17(19(24)25)21-18(23)14-5-3-2-4-6-14/h2-10,16-17H,1H2,(H,21,23)(H,24,25)/t16-,17-/m1/s1. The van der Waals surface area contributed by atoms with Gasteiger partial charge in [0.2, 0.25) is 0 Å². The first-order valence-corrected chi connectivity index (χ1v) is 7.77. The Morgan fingerprint density at radius 1 is 1.15 bits per heavy atom. The molecule has 0 aliphatic rings. The number of hydrogen-bond acceptors (Lipinski definition) is 5. The van der Waals surface area contributed by atoms with E-state index in [1.807, 2.05) is 0 Å². The maximum absolute atomic E-state index is 12.4. The zero-order valence-electron chi connectivity index (χ0n) is 14.0. The second kappa shape index (κ2) is 8.40. The number of carboxylic acids is 1. The van der Waals surface area contributed by atoms with Crippen molar-refractivity contribution in [1.29, 1.82) is 5.26 Å². The number of carboxylic acid groups (broad SMARTS) is 1. The summed E-state index contributed by atoms with van der Waals surface area (Å²) < 4.78 is 0. The summed E-state index contributed by atoms with van der Waals surface area (Å²) in [4.78, 5) is 34.4. The van der Waals surface area contributed by atoms with Crippen LogP contribution in [0.2, 0.25) is 0 Å². The van der Waals surface area contributed by atoms with Gasteiger partial charge >= 0.3 is 5.97 Å². The lowest BCUT2D eigenvalue weighted by molar-refractivity contribution is -0.384. The van der Waals surface area contributed by atoms with Gasteiger partial charge in [0.15, 0.2) is 0 Å². The number of aliphatic carboxylic acids is 1. The van der Waals surface area contributed by atoms with Crippen molar-refractivity contribution in [3.63, 3.8) is 0 Å². The summed E-state index contributed by atoms with van der Waals surface area (Å²) in [6.45, 7) is 3.58. The number of nitro benzene ring substituents is 1. The van der Waals surface area contributed by atoms with Gasteiger partial charge in [-0.05, 0) is 17.7 Å². The Kier molecular flexibility index (Phi) is 6.02. The van der Waals surface area contributed by atoms with Crippen molar-refractivity contribution in [2.24, 2.45) is 0 Å². The van der Waals surface area contributed by atoms with E-state index in [1.165, 1.54) is 36.4 Å². The van der Waals surface area contributed by atoms with Crippen LogP contribution in [0.3, 0.4) is 0 Å². The summed E-state index contributed by atoms with van der Waals surface area (Å²) in [5.74, 6) is -3.07. The van der Waals surface area contributed by atoms with Crippen LogP contribution >= 0.6 is 0 Å². The molecule has 0 fully saturated rings. The SMILES string of the molecule is C=C(C#N)[C@H](c1ccc([N+](=O)[O-])cc1)[C@@H](NC(=O)c1ccccc1)C(=O)O. The third-order valence-corrected chi connectivity index (χ3v) is 3.90. The number of hydrogen-bond donors (Lipinski definition) is 2. The zero-order chi connectivity index (χ0) is 20.0. The van der Waals surface area contributed by atoms with Crippen LogP contribution in [0.15, 0.2) is 66.7 Å². The summed E-state index contributed by atoms with van der Waals surface area (Å²) in [6.07, 6.45) is 0. The first-order chi connectivity index (χ1) is 12.8. The van der Waals surface area contributed by atoms with Crippen LogP contribution in [0, 0.1) is 21.4 Å². The molecule has 0 spiro atoms. The molecular formula is C19H15N3O5. The highest BCUT2D eigenvalue weighted by atomic mass is 16.6.